The van der Waals surface area contributed by atoms with E-state index in [4.69, 9.17) is 9.47 Å². The summed E-state index contributed by atoms with van der Waals surface area (Å²) < 4.78 is 11.0. The summed E-state index contributed by atoms with van der Waals surface area (Å²) in [5.74, 6) is 0.257. The van der Waals surface area contributed by atoms with Crippen LogP contribution in [0.25, 0.3) is 0 Å². The number of esters is 1. The first-order valence-electron chi connectivity index (χ1n) is 8.23. The van der Waals surface area contributed by atoms with Crippen LogP contribution in [0.4, 0.5) is 0 Å². The molecule has 0 aliphatic carbocycles. The molecule has 1 amide bonds. The molecule has 1 aromatic carbocycles. The molecule has 2 aliphatic rings. The van der Waals surface area contributed by atoms with Gasteiger partial charge in [-0.05, 0) is 50.8 Å². The van der Waals surface area contributed by atoms with E-state index in [1.807, 2.05) is 20.8 Å². The van der Waals surface area contributed by atoms with Gasteiger partial charge in [0.15, 0.2) is 5.60 Å². The van der Waals surface area contributed by atoms with Gasteiger partial charge in [-0.3, -0.25) is 4.79 Å². The second kappa shape index (κ2) is 5.69. The monoisotopic (exact) mass is 333 g/mol. The molecule has 0 saturated carbocycles. The quantitative estimate of drug-likeness (QED) is 0.807. The van der Waals surface area contributed by atoms with Gasteiger partial charge < -0.3 is 19.9 Å². The SMILES string of the molecule is Cc1c(C)c2c(c(C)c1O)CC[C@](C)(C(=O)N[C@H]1CCOC1=O)O2. The summed E-state index contributed by atoms with van der Waals surface area (Å²) in [5.41, 5.74) is 2.30. The van der Waals surface area contributed by atoms with Crippen molar-refractivity contribution in [2.45, 2.75) is 58.6 Å². The van der Waals surface area contributed by atoms with Crippen LogP contribution in [0.3, 0.4) is 0 Å². The highest BCUT2D eigenvalue weighted by atomic mass is 16.5. The van der Waals surface area contributed by atoms with Gasteiger partial charge in [-0.15, -0.1) is 0 Å². The van der Waals surface area contributed by atoms with Crippen molar-refractivity contribution < 1.29 is 24.2 Å². The summed E-state index contributed by atoms with van der Waals surface area (Å²) in [5, 5.41) is 13.0. The number of nitrogens with one attached hydrogen (secondary N) is 1. The second-order valence-corrected chi connectivity index (χ2v) is 6.85. The molecule has 0 bridgehead atoms. The molecule has 2 atom stereocenters. The zero-order valence-corrected chi connectivity index (χ0v) is 14.5. The van der Waals surface area contributed by atoms with Crippen LogP contribution in [-0.2, 0) is 20.7 Å². The minimum Gasteiger partial charge on any atom is -0.507 e. The highest BCUT2D eigenvalue weighted by Gasteiger charge is 2.43. The van der Waals surface area contributed by atoms with Gasteiger partial charge in [-0.1, -0.05) is 0 Å². The van der Waals surface area contributed by atoms with Crippen LogP contribution in [0, 0.1) is 20.8 Å². The molecular weight excluding hydrogens is 310 g/mol. The summed E-state index contributed by atoms with van der Waals surface area (Å²) >= 11 is 0. The normalized spacial score (nSPS) is 25.7. The van der Waals surface area contributed by atoms with Gasteiger partial charge in [-0.2, -0.15) is 0 Å². The minimum atomic E-state index is -1.05. The molecule has 6 nitrogen and oxygen atoms in total. The first-order valence-corrected chi connectivity index (χ1v) is 8.23. The number of ether oxygens (including phenoxy) is 2. The number of phenolic OH excluding ortho intramolecular Hbond substituents is 1. The third kappa shape index (κ3) is 2.50. The molecular formula is C18H23NO5. The van der Waals surface area contributed by atoms with Gasteiger partial charge in [-0.25, -0.2) is 4.79 Å². The lowest BCUT2D eigenvalue weighted by molar-refractivity contribution is -0.145. The Labute approximate surface area is 141 Å². The van der Waals surface area contributed by atoms with Crippen LogP contribution in [0.15, 0.2) is 0 Å². The molecule has 130 valence electrons. The Kier molecular flexibility index (Phi) is 3.94. The van der Waals surface area contributed by atoms with Crippen molar-refractivity contribution in [2.24, 2.45) is 0 Å². The van der Waals surface area contributed by atoms with Crippen molar-refractivity contribution >= 4 is 11.9 Å². The van der Waals surface area contributed by atoms with Crippen molar-refractivity contribution in [3.05, 3.63) is 22.3 Å². The Balaban J connectivity index is 1.88. The van der Waals surface area contributed by atoms with Crippen molar-refractivity contribution in [3.63, 3.8) is 0 Å². The largest absolute Gasteiger partial charge is 0.507 e. The number of hydrogen-bond acceptors (Lipinski definition) is 5. The molecule has 2 heterocycles. The molecule has 2 aliphatic heterocycles. The summed E-state index contributed by atoms with van der Waals surface area (Å²) in [6, 6.07) is -0.594. The number of phenols is 1. The number of carbonyl (C=O) groups excluding carboxylic acids is 2. The molecule has 1 aromatic rings. The lowest BCUT2D eigenvalue weighted by Gasteiger charge is -2.37. The topological polar surface area (TPSA) is 84.9 Å². The van der Waals surface area contributed by atoms with E-state index in [0.29, 0.717) is 31.6 Å². The van der Waals surface area contributed by atoms with E-state index in [1.54, 1.807) is 6.92 Å². The number of fused-ring (bicyclic) bond motifs is 1. The molecule has 1 fully saturated rings. The van der Waals surface area contributed by atoms with E-state index in [1.165, 1.54) is 0 Å². The summed E-state index contributed by atoms with van der Waals surface area (Å²) in [6.07, 6.45) is 1.60. The summed E-state index contributed by atoms with van der Waals surface area (Å²) in [6.45, 7) is 7.65. The Morgan fingerprint density at radius 2 is 1.96 bits per heavy atom. The molecule has 1 saturated heterocycles. The van der Waals surface area contributed by atoms with Crippen LogP contribution in [0.2, 0.25) is 0 Å². The predicted molar refractivity (Wildman–Crippen MR) is 87.2 cm³/mol. The first kappa shape index (κ1) is 16.6. The molecule has 0 radical (unpaired) electrons. The minimum absolute atomic E-state index is 0.289. The number of benzene rings is 1. The number of cyclic esters (lactones) is 1. The van der Waals surface area contributed by atoms with Crippen molar-refractivity contribution in [1.29, 1.82) is 0 Å². The fraction of sp³-hybridized carbons (Fsp3) is 0.556. The standard InChI is InChI=1S/C18H23NO5/c1-9-10(2)15-12(11(3)14(9)20)5-7-18(4,24-15)17(22)19-13-6-8-23-16(13)21/h13,20H,5-8H2,1-4H3,(H,19,22)/t13-,18+/m0/s1. The molecule has 0 spiro atoms. The average Bonchev–Trinajstić information content (AvgIpc) is 2.95. The number of aromatic hydroxyl groups is 1. The van der Waals surface area contributed by atoms with Gasteiger partial charge in [0, 0.05) is 18.4 Å². The van der Waals surface area contributed by atoms with Crippen molar-refractivity contribution in [3.8, 4) is 11.5 Å². The smallest absolute Gasteiger partial charge is 0.328 e. The van der Waals surface area contributed by atoms with Crippen LogP contribution >= 0.6 is 0 Å². The zero-order valence-electron chi connectivity index (χ0n) is 14.5. The molecule has 2 N–H and O–H groups in total. The van der Waals surface area contributed by atoms with Gasteiger partial charge in [0.25, 0.3) is 5.91 Å². The number of hydrogen-bond donors (Lipinski definition) is 2. The third-order valence-electron chi connectivity index (χ3n) is 5.24. The Morgan fingerprint density at radius 1 is 1.25 bits per heavy atom. The van der Waals surface area contributed by atoms with Crippen LogP contribution < -0.4 is 10.1 Å². The van der Waals surface area contributed by atoms with Gasteiger partial charge in [0.1, 0.15) is 17.5 Å². The second-order valence-electron chi connectivity index (χ2n) is 6.85. The van der Waals surface area contributed by atoms with E-state index >= 15 is 0 Å². The first-order chi connectivity index (χ1) is 11.2. The van der Waals surface area contributed by atoms with Crippen LogP contribution in [0.1, 0.15) is 42.0 Å². The Bertz CT molecular complexity index is 727. The van der Waals surface area contributed by atoms with E-state index in [9.17, 15) is 14.7 Å². The molecule has 3 rings (SSSR count). The summed E-state index contributed by atoms with van der Waals surface area (Å²) in [7, 11) is 0. The Hall–Kier alpha value is -2.24. The number of rotatable bonds is 2. The van der Waals surface area contributed by atoms with E-state index in [0.717, 1.165) is 22.3 Å². The lowest BCUT2D eigenvalue weighted by Crippen LogP contribution is -2.54. The zero-order chi connectivity index (χ0) is 17.6. The maximum Gasteiger partial charge on any atom is 0.328 e. The highest BCUT2D eigenvalue weighted by molar-refractivity contribution is 5.90. The van der Waals surface area contributed by atoms with Gasteiger partial charge in [0.2, 0.25) is 0 Å². The van der Waals surface area contributed by atoms with Gasteiger partial charge >= 0.3 is 5.97 Å². The van der Waals surface area contributed by atoms with Crippen molar-refractivity contribution in [1.82, 2.24) is 5.32 Å². The number of amides is 1. The van der Waals surface area contributed by atoms with Crippen molar-refractivity contribution in [2.75, 3.05) is 6.61 Å². The maximum atomic E-state index is 12.7. The predicted octanol–water partition coefficient (Wildman–Crippen LogP) is 1.83. The lowest BCUT2D eigenvalue weighted by atomic mass is 9.86. The average molecular weight is 333 g/mol. The number of carbonyl (C=O) groups is 2. The van der Waals surface area contributed by atoms with Crippen LogP contribution in [-0.4, -0.2) is 35.2 Å². The van der Waals surface area contributed by atoms with Crippen LogP contribution in [0.5, 0.6) is 11.5 Å². The Morgan fingerprint density at radius 3 is 2.58 bits per heavy atom. The maximum absolute atomic E-state index is 12.7. The summed E-state index contributed by atoms with van der Waals surface area (Å²) in [4.78, 5) is 24.3. The highest BCUT2D eigenvalue weighted by Crippen LogP contribution is 2.43. The fourth-order valence-corrected chi connectivity index (χ4v) is 3.35. The molecule has 6 heteroatoms. The van der Waals surface area contributed by atoms with Gasteiger partial charge in [0.05, 0.1) is 6.61 Å². The van der Waals surface area contributed by atoms with E-state index < -0.39 is 17.6 Å². The molecule has 24 heavy (non-hydrogen) atoms. The van der Waals surface area contributed by atoms with E-state index in [2.05, 4.69) is 5.32 Å². The fourth-order valence-electron chi connectivity index (χ4n) is 3.35. The van der Waals surface area contributed by atoms with E-state index in [-0.39, 0.29) is 11.7 Å². The molecule has 0 unspecified atom stereocenters. The molecule has 0 aromatic heterocycles. The third-order valence-corrected chi connectivity index (χ3v) is 5.24.